The van der Waals surface area contributed by atoms with E-state index in [9.17, 15) is 14.7 Å². The van der Waals surface area contributed by atoms with Gasteiger partial charge in [-0.3, -0.25) is 4.79 Å². The average molecular weight is 319 g/mol. The molecule has 0 spiro atoms. The molecular weight excluding hydrogens is 294 g/mol. The number of hydrogen-bond acceptors (Lipinski definition) is 3. The van der Waals surface area contributed by atoms with E-state index in [-0.39, 0.29) is 24.3 Å². The van der Waals surface area contributed by atoms with Crippen molar-refractivity contribution in [2.45, 2.75) is 44.6 Å². The quantitative estimate of drug-likeness (QED) is 0.809. The first-order chi connectivity index (χ1) is 11.0. The third-order valence-corrected chi connectivity index (χ3v) is 4.49. The Morgan fingerprint density at radius 3 is 2.83 bits per heavy atom. The Bertz CT molecular complexity index is 558. The van der Waals surface area contributed by atoms with Crippen LogP contribution in [0, 0.1) is 5.92 Å². The van der Waals surface area contributed by atoms with Crippen LogP contribution in [0.5, 0.6) is 0 Å². The molecular formula is C18H25NO4. The number of hydrogen-bond donors (Lipinski definition) is 2. The van der Waals surface area contributed by atoms with Crippen molar-refractivity contribution in [3.05, 3.63) is 35.4 Å². The van der Waals surface area contributed by atoms with Gasteiger partial charge in [0.1, 0.15) is 6.04 Å². The molecule has 3 atom stereocenters. The number of carbonyl (C=O) groups is 2. The maximum absolute atomic E-state index is 12.1. The summed E-state index contributed by atoms with van der Waals surface area (Å²) in [5, 5.41) is 12.1. The van der Waals surface area contributed by atoms with E-state index < -0.39 is 12.0 Å². The molecule has 0 aliphatic heterocycles. The van der Waals surface area contributed by atoms with Gasteiger partial charge in [0.05, 0.1) is 12.5 Å². The number of benzene rings is 1. The summed E-state index contributed by atoms with van der Waals surface area (Å²) >= 11 is 0. The van der Waals surface area contributed by atoms with E-state index in [2.05, 4.69) is 17.4 Å². The Hall–Kier alpha value is -1.88. The van der Waals surface area contributed by atoms with Crippen LogP contribution in [0.1, 0.15) is 43.2 Å². The van der Waals surface area contributed by atoms with E-state index in [1.54, 1.807) is 6.92 Å². The second-order valence-corrected chi connectivity index (χ2v) is 6.28. The second-order valence-electron chi connectivity index (χ2n) is 6.28. The molecule has 0 saturated heterocycles. The van der Waals surface area contributed by atoms with Crippen molar-refractivity contribution in [3.63, 3.8) is 0 Å². The predicted molar refractivity (Wildman–Crippen MR) is 87.3 cm³/mol. The molecule has 0 aromatic heterocycles. The van der Waals surface area contributed by atoms with Crippen LogP contribution >= 0.6 is 0 Å². The van der Waals surface area contributed by atoms with Gasteiger partial charge in [-0.1, -0.05) is 31.2 Å². The molecule has 0 heterocycles. The molecule has 2 rings (SSSR count). The van der Waals surface area contributed by atoms with E-state index in [0.29, 0.717) is 6.42 Å². The second kappa shape index (κ2) is 8.11. The van der Waals surface area contributed by atoms with Gasteiger partial charge in [0, 0.05) is 7.11 Å². The lowest BCUT2D eigenvalue weighted by atomic mass is 9.79. The summed E-state index contributed by atoms with van der Waals surface area (Å²) < 4.78 is 4.95. The highest BCUT2D eigenvalue weighted by atomic mass is 16.5. The third-order valence-electron chi connectivity index (χ3n) is 4.49. The van der Waals surface area contributed by atoms with Crippen LogP contribution < -0.4 is 5.32 Å². The van der Waals surface area contributed by atoms with Gasteiger partial charge in [0.25, 0.3) is 0 Å². The number of methoxy groups -OCH3 is 1. The summed E-state index contributed by atoms with van der Waals surface area (Å²) in [4.78, 5) is 23.6. The first kappa shape index (κ1) is 17.5. The topological polar surface area (TPSA) is 75.6 Å². The van der Waals surface area contributed by atoms with Crippen LogP contribution in [-0.4, -0.2) is 36.7 Å². The minimum atomic E-state index is -0.981. The van der Waals surface area contributed by atoms with Crippen molar-refractivity contribution in [3.8, 4) is 0 Å². The van der Waals surface area contributed by atoms with Gasteiger partial charge in [-0.15, -0.1) is 0 Å². The largest absolute Gasteiger partial charge is 0.480 e. The lowest BCUT2D eigenvalue weighted by Gasteiger charge is -2.28. The van der Waals surface area contributed by atoms with Crippen LogP contribution in [0.25, 0.3) is 0 Å². The van der Waals surface area contributed by atoms with Crippen LogP contribution in [-0.2, 0) is 20.7 Å². The minimum Gasteiger partial charge on any atom is -0.480 e. The fourth-order valence-corrected chi connectivity index (χ4v) is 3.25. The lowest BCUT2D eigenvalue weighted by molar-refractivity contribution is -0.143. The van der Waals surface area contributed by atoms with Gasteiger partial charge >= 0.3 is 5.97 Å². The van der Waals surface area contributed by atoms with Gasteiger partial charge in [-0.25, -0.2) is 4.79 Å². The molecule has 1 aliphatic carbocycles. The first-order valence-corrected chi connectivity index (χ1v) is 8.12. The van der Waals surface area contributed by atoms with E-state index in [4.69, 9.17) is 4.74 Å². The summed E-state index contributed by atoms with van der Waals surface area (Å²) in [6.07, 6.45) is 3.49. The average Bonchev–Trinajstić information content (AvgIpc) is 2.54. The number of aliphatic carboxylic acids is 1. The van der Waals surface area contributed by atoms with Crippen LogP contribution in [0.4, 0.5) is 0 Å². The standard InChI is InChI=1S/C18H25NO4/c1-12(11-23-2)17(20)19-16(18(21)22)10-14-8-5-7-13-6-3-4-9-15(13)14/h3-4,6,9,12,14,16H,5,7-8,10-11H2,1-2H3,(H,19,20)(H,21,22). The monoisotopic (exact) mass is 319 g/mol. The number of carboxylic acids is 1. The van der Waals surface area contributed by atoms with Crippen LogP contribution in [0.15, 0.2) is 24.3 Å². The fraction of sp³-hybridized carbons (Fsp3) is 0.556. The summed E-state index contributed by atoms with van der Waals surface area (Å²) in [6, 6.07) is 7.33. The third kappa shape index (κ3) is 4.55. The predicted octanol–water partition coefficient (Wildman–Crippen LogP) is 2.35. The minimum absolute atomic E-state index is 0.180. The summed E-state index contributed by atoms with van der Waals surface area (Å²) in [7, 11) is 1.53. The summed E-state index contributed by atoms with van der Waals surface area (Å²) in [5.74, 6) is -1.44. The first-order valence-electron chi connectivity index (χ1n) is 8.12. The van der Waals surface area contributed by atoms with E-state index in [0.717, 1.165) is 19.3 Å². The Morgan fingerprint density at radius 2 is 2.13 bits per heavy atom. The molecule has 2 N–H and O–H groups in total. The van der Waals surface area contributed by atoms with Crippen molar-refractivity contribution in [2.75, 3.05) is 13.7 Å². The van der Waals surface area contributed by atoms with E-state index in [1.807, 2.05) is 12.1 Å². The highest BCUT2D eigenvalue weighted by molar-refractivity contribution is 5.84. The zero-order valence-electron chi connectivity index (χ0n) is 13.7. The number of amides is 1. The molecule has 5 heteroatoms. The van der Waals surface area contributed by atoms with Crippen molar-refractivity contribution < 1.29 is 19.4 Å². The zero-order chi connectivity index (χ0) is 16.8. The normalized spacial score (nSPS) is 19.5. The smallest absolute Gasteiger partial charge is 0.326 e. The summed E-state index contributed by atoms with van der Waals surface area (Å²) in [6.45, 7) is 2.01. The van der Waals surface area contributed by atoms with Gasteiger partial charge in [0.2, 0.25) is 5.91 Å². The van der Waals surface area contributed by atoms with Gasteiger partial charge in [0.15, 0.2) is 0 Å². The Labute approximate surface area is 137 Å². The van der Waals surface area contributed by atoms with E-state index in [1.165, 1.54) is 18.2 Å². The zero-order valence-corrected chi connectivity index (χ0v) is 13.7. The molecule has 1 aromatic carbocycles. The molecule has 0 bridgehead atoms. The fourth-order valence-electron chi connectivity index (χ4n) is 3.25. The molecule has 23 heavy (non-hydrogen) atoms. The molecule has 0 fully saturated rings. The maximum Gasteiger partial charge on any atom is 0.326 e. The molecule has 1 amide bonds. The molecule has 126 valence electrons. The van der Waals surface area contributed by atoms with Crippen LogP contribution in [0.2, 0.25) is 0 Å². The molecule has 3 unspecified atom stereocenters. The number of fused-ring (bicyclic) bond motifs is 1. The SMILES string of the molecule is COCC(C)C(=O)NC(CC1CCCc2ccccc21)C(=O)O. The molecule has 5 nitrogen and oxygen atoms in total. The molecule has 0 saturated carbocycles. The highest BCUT2D eigenvalue weighted by Crippen LogP contribution is 2.34. The van der Waals surface area contributed by atoms with Crippen LogP contribution in [0.3, 0.4) is 0 Å². The lowest BCUT2D eigenvalue weighted by Crippen LogP contribution is -2.44. The Balaban J connectivity index is 2.06. The highest BCUT2D eigenvalue weighted by Gasteiger charge is 2.29. The van der Waals surface area contributed by atoms with Crippen molar-refractivity contribution in [1.29, 1.82) is 0 Å². The number of aryl methyl sites for hydroxylation is 1. The van der Waals surface area contributed by atoms with Crippen molar-refractivity contribution in [2.24, 2.45) is 5.92 Å². The van der Waals surface area contributed by atoms with Gasteiger partial charge in [-0.05, 0) is 42.7 Å². The van der Waals surface area contributed by atoms with Gasteiger partial charge < -0.3 is 15.2 Å². The molecule has 1 aromatic rings. The number of rotatable bonds is 7. The van der Waals surface area contributed by atoms with Crippen molar-refractivity contribution in [1.82, 2.24) is 5.32 Å². The Kier molecular flexibility index (Phi) is 6.16. The maximum atomic E-state index is 12.1. The summed E-state index contributed by atoms with van der Waals surface area (Å²) in [5.41, 5.74) is 2.52. The van der Waals surface area contributed by atoms with E-state index >= 15 is 0 Å². The molecule has 0 radical (unpaired) electrons. The van der Waals surface area contributed by atoms with Gasteiger partial charge in [-0.2, -0.15) is 0 Å². The number of carbonyl (C=O) groups excluding carboxylic acids is 1. The number of carboxylic acid groups (broad SMARTS) is 1. The number of nitrogens with one attached hydrogen (secondary N) is 1. The molecule has 1 aliphatic rings. The Morgan fingerprint density at radius 1 is 1.39 bits per heavy atom. The van der Waals surface area contributed by atoms with Crippen molar-refractivity contribution >= 4 is 11.9 Å². The number of ether oxygens (including phenoxy) is 1.